The number of fused-ring (bicyclic) bond motifs is 1. The number of rotatable bonds is 6. The van der Waals surface area contributed by atoms with Crippen molar-refractivity contribution in [2.45, 2.75) is 37.6 Å². The van der Waals surface area contributed by atoms with E-state index in [1.807, 2.05) is 6.92 Å². The summed E-state index contributed by atoms with van der Waals surface area (Å²) in [6.07, 6.45) is 2.98. The maximum absolute atomic E-state index is 13.4. The molecular weight excluding hydrogens is 436 g/mol. The number of sulfonamides is 1. The van der Waals surface area contributed by atoms with Crippen molar-refractivity contribution in [3.05, 3.63) is 52.1 Å². The van der Waals surface area contributed by atoms with Gasteiger partial charge in [-0.3, -0.25) is 15.5 Å². The van der Waals surface area contributed by atoms with E-state index in [4.69, 9.17) is 9.47 Å². The van der Waals surface area contributed by atoms with E-state index in [9.17, 15) is 18.5 Å². The van der Waals surface area contributed by atoms with Crippen LogP contribution in [0.5, 0.6) is 11.5 Å². The lowest BCUT2D eigenvalue weighted by atomic mass is 9.95. The number of hydrazone groups is 1. The van der Waals surface area contributed by atoms with Gasteiger partial charge < -0.3 is 9.47 Å². The fourth-order valence-electron chi connectivity index (χ4n) is 3.97. The van der Waals surface area contributed by atoms with Gasteiger partial charge in [-0.05, 0) is 55.5 Å². The van der Waals surface area contributed by atoms with Crippen LogP contribution in [-0.4, -0.2) is 43.2 Å². The van der Waals surface area contributed by atoms with E-state index in [1.165, 1.54) is 22.7 Å². The highest BCUT2D eigenvalue weighted by Crippen LogP contribution is 2.34. The van der Waals surface area contributed by atoms with E-state index in [2.05, 4.69) is 17.5 Å². The summed E-state index contributed by atoms with van der Waals surface area (Å²) in [5.74, 6) is 1.66. The number of piperidine rings is 1. The molecule has 10 nitrogen and oxygen atoms in total. The molecule has 11 heteroatoms. The summed E-state index contributed by atoms with van der Waals surface area (Å²) in [6, 6.07) is 8.77. The highest BCUT2D eigenvalue weighted by atomic mass is 32.2. The van der Waals surface area contributed by atoms with Gasteiger partial charge in [0.25, 0.3) is 5.69 Å². The topological polar surface area (TPSA) is 123 Å². The molecule has 2 aromatic rings. The number of hydrogen-bond acceptors (Lipinski definition) is 8. The fourth-order valence-corrected chi connectivity index (χ4v) is 5.79. The molecule has 1 fully saturated rings. The quantitative estimate of drug-likeness (QED) is 0.397. The van der Waals surface area contributed by atoms with E-state index >= 15 is 0 Å². The molecule has 4 rings (SSSR count). The van der Waals surface area contributed by atoms with Crippen LogP contribution >= 0.6 is 0 Å². The number of ether oxygens (including phenoxy) is 2. The van der Waals surface area contributed by atoms with E-state index in [-0.39, 0.29) is 29.1 Å². The Balaban J connectivity index is 1.63. The fraction of sp³-hybridized carbons (Fsp3) is 0.381. The lowest BCUT2D eigenvalue weighted by molar-refractivity contribution is -0.385. The second-order valence-electron chi connectivity index (χ2n) is 8.01. The van der Waals surface area contributed by atoms with Gasteiger partial charge >= 0.3 is 0 Å². The maximum Gasteiger partial charge on any atom is 0.270 e. The number of non-ortho nitro benzene ring substituents is 1. The minimum absolute atomic E-state index is 0.159. The molecule has 2 atom stereocenters. The number of anilines is 1. The molecule has 0 radical (unpaired) electrons. The molecule has 0 bridgehead atoms. The number of nitrogens with zero attached hydrogens (tertiary/aromatic N) is 3. The molecule has 0 aliphatic carbocycles. The van der Waals surface area contributed by atoms with Crippen molar-refractivity contribution in [3.63, 3.8) is 0 Å². The minimum atomic E-state index is -3.97. The number of nitrogens with one attached hydrogen (secondary N) is 1. The van der Waals surface area contributed by atoms with Gasteiger partial charge in [-0.2, -0.15) is 9.41 Å². The van der Waals surface area contributed by atoms with Crippen molar-refractivity contribution in [2.75, 3.05) is 18.8 Å². The summed E-state index contributed by atoms with van der Waals surface area (Å²) in [5, 5.41) is 15.4. The van der Waals surface area contributed by atoms with E-state index in [1.54, 1.807) is 18.2 Å². The monoisotopic (exact) mass is 460 g/mol. The molecule has 32 heavy (non-hydrogen) atoms. The van der Waals surface area contributed by atoms with E-state index < -0.39 is 14.9 Å². The van der Waals surface area contributed by atoms with Crippen LogP contribution in [0.4, 0.5) is 11.4 Å². The smallest absolute Gasteiger partial charge is 0.270 e. The van der Waals surface area contributed by atoms with E-state index in [0.717, 1.165) is 18.9 Å². The first-order chi connectivity index (χ1) is 15.3. The molecule has 2 aliphatic heterocycles. The summed E-state index contributed by atoms with van der Waals surface area (Å²) in [5.41, 5.74) is 3.31. The first kappa shape index (κ1) is 22.0. The third-order valence-electron chi connectivity index (χ3n) is 5.64. The van der Waals surface area contributed by atoms with Gasteiger partial charge in [0.1, 0.15) is 4.90 Å². The van der Waals surface area contributed by atoms with Crippen molar-refractivity contribution >= 4 is 27.6 Å². The molecule has 2 heterocycles. The van der Waals surface area contributed by atoms with E-state index in [0.29, 0.717) is 29.5 Å². The zero-order valence-electron chi connectivity index (χ0n) is 17.7. The molecular formula is C21H24N4O6S. The standard InChI is InChI=1S/C21H24N4O6S/c1-14-7-8-24(15(2)9-14)32(28,29)21-11-17(25(26)27)4-5-18(21)23-22-12-16-3-6-19-20(10-16)31-13-30-19/h3-6,10-12,14-15,23H,7-9,13H2,1-2H3/b22-12-/t14-,15-/m0/s1. The van der Waals surface area contributed by atoms with Crippen LogP contribution in [0.2, 0.25) is 0 Å². The lowest BCUT2D eigenvalue weighted by Gasteiger charge is -2.35. The Bertz CT molecular complexity index is 1170. The maximum atomic E-state index is 13.4. The zero-order valence-corrected chi connectivity index (χ0v) is 18.5. The van der Waals surface area contributed by atoms with Gasteiger partial charge in [0.2, 0.25) is 16.8 Å². The highest BCUT2D eigenvalue weighted by molar-refractivity contribution is 7.89. The third kappa shape index (κ3) is 4.39. The molecule has 0 unspecified atom stereocenters. The van der Waals surface area contributed by atoms with Crippen LogP contribution in [0.15, 0.2) is 46.4 Å². The van der Waals surface area contributed by atoms with Crippen molar-refractivity contribution in [2.24, 2.45) is 11.0 Å². The van der Waals surface area contributed by atoms with Gasteiger partial charge in [-0.1, -0.05) is 6.92 Å². The summed E-state index contributed by atoms with van der Waals surface area (Å²) in [7, 11) is -3.97. The number of nitro groups is 1. The first-order valence-corrected chi connectivity index (χ1v) is 11.7. The third-order valence-corrected chi connectivity index (χ3v) is 7.69. The Morgan fingerprint density at radius 3 is 2.72 bits per heavy atom. The Hall–Kier alpha value is -3.18. The Labute approximate surface area is 186 Å². The highest BCUT2D eigenvalue weighted by Gasteiger charge is 2.35. The summed E-state index contributed by atoms with van der Waals surface area (Å²) < 4.78 is 38.9. The van der Waals surface area contributed by atoms with Crippen LogP contribution in [0.3, 0.4) is 0 Å². The second-order valence-corrected chi connectivity index (χ2v) is 9.87. The zero-order chi connectivity index (χ0) is 22.9. The average molecular weight is 461 g/mol. The van der Waals surface area contributed by atoms with Crippen LogP contribution in [0, 0.1) is 16.0 Å². The van der Waals surface area contributed by atoms with Crippen molar-refractivity contribution in [1.82, 2.24) is 4.31 Å². The summed E-state index contributed by atoms with van der Waals surface area (Å²) in [6.45, 7) is 4.47. The van der Waals surface area contributed by atoms with Crippen molar-refractivity contribution in [1.29, 1.82) is 0 Å². The summed E-state index contributed by atoms with van der Waals surface area (Å²) >= 11 is 0. The minimum Gasteiger partial charge on any atom is -0.454 e. The number of benzene rings is 2. The van der Waals surface area contributed by atoms with Crippen LogP contribution in [0.25, 0.3) is 0 Å². The molecule has 170 valence electrons. The SMILES string of the molecule is C[C@H]1CCN(S(=O)(=O)c2cc([N+](=O)[O-])ccc2N/N=C\c2ccc3c(c2)OCO3)[C@@H](C)C1. The van der Waals surface area contributed by atoms with Gasteiger partial charge in [0.15, 0.2) is 11.5 Å². The molecule has 0 amide bonds. The van der Waals surface area contributed by atoms with Gasteiger partial charge in [-0.25, -0.2) is 8.42 Å². The molecule has 0 aromatic heterocycles. The predicted octanol–water partition coefficient (Wildman–Crippen LogP) is 3.58. The Morgan fingerprint density at radius 2 is 1.97 bits per heavy atom. The molecule has 1 saturated heterocycles. The Morgan fingerprint density at radius 1 is 1.19 bits per heavy atom. The van der Waals surface area contributed by atoms with Crippen molar-refractivity contribution in [3.8, 4) is 11.5 Å². The van der Waals surface area contributed by atoms with Crippen LogP contribution in [-0.2, 0) is 10.0 Å². The van der Waals surface area contributed by atoms with Gasteiger partial charge in [0, 0.05) is 24.7 Å². The number of hydrogen-bond donors (Lipinski definition) is 1. The normalized spacial score (nSPS) is 21.1. The second kappa shape index (κ2) is 8.75. The predicted molar refractivity (Wildman–Crippen MR) is 119 cm³/mol. The lowest BCUT2D eigenvalue weighted by Crippen LogP contribution is -2.44. The van der Waals surface area contributed by atoms with Crippen molar-refractivity contribution < 1.29 is 22.8 Å². The van der Waals surface area contributed by atoms with Gasteiger partial charge in [-0.15, -0.1) is 0 Å². The van der Waals surface area contributed by atoms with Crippen LogP contribution in [0.1, 0.15) is 32.3 Å². The van der Waals surface area contributed by atoms with Crippen LogP contribution < -0.4 is 14.9 Å². The number of nitro benzene ring substituents is 1. The molecule has 2 aromatic carbocycles. The molecule has 1 N–H and O–H groups in total. The molecule has 0 spiro atoms. The summed E-state index contributed by atoms with van der Waals surface area (Å²) in [4.78, 5) is 10.5. The largest absolute Gasteiger partial charge is 0.454 e. The average Bonchev–Trinajstić information content (AvgIpc) is 3.21. The first-order valence-electron chi connectivity index (χ1n) is 10.2. The molecule has 2 aliphatic rings. The Kier molecular flexibility index (Phi) is 6.02. The molecule has 0 saturated carbocycles. The van der Waals surface area contributed by atoms with Gasteiger partial charge in [0.05, 0.1) is 16.8 Å².